The first-order valence-electron chi connectivity index (χ1n) is 6.99. The van der Waals surface area contributed by atoms with E-state index in [0.29, 0.717) is 0 Å². The minimum atomic E-state index is -0.759. The van der Waals surface area contributed by atoms with E-state index in [4.69, 9.17) is 5.73 Å². The first kappa shape index (κ1) is 15.4. The van der Waals surface area contributed by atoms with E-state index < -0.39 is 22.3 Å². The quantitative estimate of drug-likeness (QED) is 0.507. The standard InChI is InChI=1S/C14H18FN3O3/c15-9-6-7-10(13(8-9)18(20)21)14(19)17-12-5-3-1-2-4-11(12)16/h6-8,11-12H,1-5,16H2,(H,17,19). The minimum Gasteiger partial charge on any atom is -0.348 e. The number of nitro groups is 1. The molecule has 0 aromatic heterocycles. The van der Waals surface area contributed by atoms with Crippen molar-refractivity contribution in [2.45, 2.75) is 44.2 Å². The number of nitrogens with two attached hydrogens (primary N) is 1. The van der Waals surface area contributed by atoms with Gasteiger partial charge in [-0.1, -0.05) is 19.3 Å². The molecule has 7 heteroatoms. The van der Waals surface area contributed by atoms with Crippen LogP contribution >= 0.6 is 0 Å². The van der Waals surface area contributed by atoms with Crippen molar-refractivity contribution < 1.29 is 14.1 Å². The van der Waals surface area contributed by atoms with Crippen molar-refractivity contribution >= 4 is 11.6 Å². The van der Waals surface area contributed by atoms with E-state index in [1.165, 1.54) is 0 Å². The van der Waals surface area contributed by atoms with Crippen LogP contribution in [0.25, 0.3) is 0 Å². The normalized spacial score (nSPS) is 22.4. The molecule has 2 unspecified atom stereocenters. The van der Waals surface area contributed by atoms with Gasteiger partial charge in [0.1, 0.15) is 11.4 Å². The van der Waals surface area contributed by atoms with Gasteiger partial charge in [-0.2, -0.15) is 0 Å². The molecule has 2 atom stereocenters. The Morgan fingerprint density at radius 1 is 1.33 bits per heavy atom. The summed E-state index contributed by atoms with van der Waals surface area (Å²) in [7, 11) is 0. The van der Waals surface area contributed by atoms with Crippen LogP contribution in [-0.2, 0) is 0 Å². The fraction of sp³-hybridized carbons (Fsp3) is 0.500. The van der Waals surface area contributed by atoms with E-state index in [0.717, 1.165) is 50.3 Å². The number of nitro benzene ring substituents is 1. The SMILES string of the molecule is NC1CCCCCC1NC(=O)c1ccc(F)cc1[N+](=O)[O-]. The molecule has 0 bridgehead atoms. The molecule has 1 saturated carbocycles. The van der Waals surface area contributed by atoms with Crippen LogP contribution in [0.15, 0.2) is 18.2 Å². The van der Waals surface area contributed by atoms with Crippen LogP contribution in [0.5, 0.6) is 0 Å². The molecule has 21 heavy (non-hydrogen) atoms. The van der Waals surface area contributed by atoms with E-state index in [1.54, 1.807) is 0 Å². The fourth-order valence-electron chi connectivity index (χ4n) is 2.61. The zero-order valence-electron chi connectivity index (χ0n) is 11.5. The Balaban J connectivity index is 2.18. The highest BCUT2D eigenvalue weighted by Crippen LogP contribution is 2.21. The van der Waals surface area contributed by atoms with E-state index in [1.807, 2.05) is 0 Å². The average Bonchev–Trinajstić information content (AvgIpc) is 2.64. The van der Waals surface area contributed by atoms with E-state index in [2.05, 4.69) is 5.32 Å². The maximum absolute atomic E-state index is 13.1. The number of nitrogens with one attached hydrogen (secondary N) is 1. The zero-order chi connectivity index (χ0) is 15.4. The number of carbonyl (C=O) groups excluding carboxylic acids is 1. The van der Waals surface area contributed by atoms with Gasteiger partial charge >= 0.3 is 0 Å². The minimum absolute atomic E-state index is 0.141. The van der Waals surface area contributed by atoms with Gasteiger partial charge in [-0.25, -0.2) is 4.39 Å². The number of hydrogen-bond donors (Lipinski definition) is 2. The summed E-state index contributed by atoms with van der Waals surface area (Å²) in [5.41, 5.74) is 5.35. The third-order valence-corrected chi connectivity index (χ3v) is 3.79. The summed E-state index contributed by atoms with van der Waals surface area (Å²) in [5.74, 6) is -1.33. The topological polar surface area (TPSA) is 98.3 Å². The Morgan fingerprint density at radius 2 is 2.05 bits per heavy atom. The van der Waals surface area contributed by atoms with Gasteiger partial charge in [-0.3, -0.25) is 14.9 Å². The summed E-state index contributed by atoms with van der Waals surface area (Å²) < 4.78 is 13.1. The second-order valence-electron chi connectivity index (χ2n) is 5.30. The summed E-state index contributed by atoms with van der Waals surface area (Å²) in [4.78, 5) is 22.4. The fourth-order valence-corrected chi connectivity index (χ4v) is 2.61. The van der Waals surface area contributed by atoms with Crippen LogP contribution in [-0.4, -0.2) is 22.9 Å². The largest absolute Gasteiger partial charge is 0.348 e. The lowest BCUT2D eigenvalue weighted by molar-refractivity contribution is -0.385. The number of rotatable bonds is 3. The highest BCUT2D eigenvalue weighted by Gasteiger charge is 2.26. The van der Waals surface area contributed by atoms with Crippen LogP contribution in [0.2, 0.25) is 0 Å². The Kier molecular flexibility index (Phi) is 4.85. The first-order valence-corrected chi connectivity index (χ1v) is 6.99. The van der Waals surface area contributed by atoms with Gasteiger partial charge in [0.15, 0.2) is 0 Å². The van der Waals surface area contributed by atoms with Crippen LogP contribution < -0.4 is 11.1 Å². The lowest BCUT2D eigenvalue weighted by Gasteiger charge is -2.22. The van der Waals surface area contributed by atoms with Crippen molar-refractivity contribution in [3.05, 3.63) is 39.7 Å². The Hall–Kier alpha value is -2.02. The van der Waals surface area contributed by atoms with Gasteiger partial charge in [-0.05, 0) is 25.0 Å². The third kappa shape index (κ3) is 3.75. The zero-order valence-corrected chi connectivity index (χ0v) is 11.5. The molecule has 0 aliphatic heterocycles. The molecule has 0 radical (unpaired) electrons. The molecule has 1 fully saturated rings. The second-order valence-corrected chi connectivity index (χ2v) is 5.30. The summed E-state index contributed by atoms with van der Waals surface area (Å²) in [6, 6.07) is 2.56. The van der Waals surface area contributed by atoms with Crippen molar-refractivity contribution in [2.24, 2.45) is 5.73 Å². The smallest absolute Gasteiger partial charge is 0.285 e. The Bertz CT molecular complexity index is 550. The molecular weight excluding hydrogens is 277 g/mol. The number of carbonyl (C=O) groups is 1. The van der Waals surface area contributed by atoms with Gasteiger partial charge < -0.3 is 11.1 Å². The Labute approximate surface area is 121 Å². The van der Waals surface area contributed by atoms with Crippen LogP contribution in [0.1, 0.15) is 42.5 Å². The molecule has 0 saturated heterocycles. The molecule has 3 N–H and O–H groups in total. The predicted molar refractivity (Wildman–Crippen MR) is 75.4 cm³/mol. The summed E-state index contributed by atoms with van der Waals surface area (Å²) >= 11 is 0. The lowest BCUT2D eigenvalue weighted by Crippen LogP contribution is -2.47. The van der Waals surface area contributed by atoms with Crippen LogP contribution in [0, 0.1) is 15.9 Å². The number of amides is 1. The average molecular weight is 295 g/mol. The molecular formula is C14H18FN3O3. The van der Waals surface area contributed by atoms with Crippen molar-refractivity contribution in [1.82, 2.24) is 5.32 Å². The van der Waals surface area contributed by atoms with Crippen molar-refractivity contribution in [3.63, 3.8) is 0 Å². The molecule has 0 heterocycles. The highest BCUT2D eigenvalue weighted by atomic mass is 19.1. The van der Waals surface area contributed by atoms with Crippen molar-refractivity contribution in [2.75, 3.05) is 0 Å². The number of benzene rings is 1. The van der Waals surface area contributed by atoms with Gasteiger partial charge in [0.25, 0.3) is 11.6 Å². The molecule has 114 valence electrons. The highest BCUT2D eigenvalue weighted by molar-refractivity contribution is 5.98. The number of hydrogen-bond acceptors (Lipinski definition) is 4. The monoisotopic (exact) mass is 295 g/mol. The molecule has 1 aromatic carbocycles. The third-order valence-electron chi connectivity index (χ3n) is 3.79. The maximum atomic E-state index is 13.1. The van der Waals surface area contributed by atoms with Gasteiger partial charge in [0.05, 0.1) is 11.0 Å². The molecule has 1 amide bonds. The number of halogens is 1. The molecule has 6 nitrogen and oxygen atoms in total. The number of nitrogens with zero attached hydrogens (tertiary/aromatic N) is 1. The van der Waals surface area contributed by atoms with Crippen LogP contribution in [0.3, 0.4) is 0 Å². The molecule has 1 aliphatic carbocycles. The summed E-state index contributed by atoms with van der Waals surface area (Å²) in [6.07, 6.45) is 4.61. The molecule has 1 aromatic rings. The first-order chi connectivity index (χ1) is 9.99. The van der Waals surface area contributed by atoms with E-state index in [-0.39, 0.29) is 17.6 Å². The van der Waals surface area contributed by atoms with Gasteiger partial charge in [0, 0.05) is 12.1 Å². The van der Waals surface area contributed by atoms with E-state index in [9.17, 15) is 19.3 Å². The molecule has 1 aliphatic rings. The second kappa shape index (κ2) is 6.62. The van der Waals surface area contributed by atoms with Crippen molar-refractivity contribution in [3.8, 4) is 0 Å². The summed E-state index contributed by atoms with van der Waals surface area (Å²) in [6.45, 7) is 0. The van der Waals surface area contributed by atoms with Crippen molar-refractivity contribution in [1.29, 1.82) is 0 Å². The molecule has 0 spiro atoms. The summed E-state index contributed by atoms with van der Waals surface area (Å²) in [5, 5.41) is 13.7. The lowest BCUT2D eigenvalue weighted by atomic mass is 10.0. The predicted octanol–water partition coefficient (Wildman–Crippen LogP) is 2.12. The van der Waals surface area contributed by atoms with Crippen LogP contribution in [0.4, 0.5) is 10.1 Å². The molecule has 2 rings (SSSR count). The van der Waals surface area contributed by atoms with Gasteiger partial charge in [0.2, 0.25) is 0 Å². The maximum Gasteiger partial charge on any atom is 0.285 e. The Morgan fingerprint density at radius 3 is 2.76 bits per heavy atom. The van der Waals surface area contributed by atoms with Gasteiger partial charge in [-0.15, -0.1) is 0 Å². The van der Waals surface area contributed by atoms with E-state index >= 15 is 0 Å².